The third-order valence-electron chi connectivity index (χ3n) is 5.03. The van der Waals surface area contributed by atoms with Gasteiger partial charge in [-0.1, -0.05) is 6.07 Å². The molecule has 0 unspecified atom stereocenters. The lowest BCUT2D eigenvalue weighted by molar-refractivity contribution is -0.130. The van der Waals surface area contributed by atoms with Crippen LogP contribution in [0.15, 0.2) is 18.2 Å². The van der Waals surface area contributed by atoms with Crippen molar-refractivity contribution in [2.24, 2.45) is 0 Å². The fourth-order valence-electron chi connectivity index (χ4n) is 3.31. The van der Waals surface area contributed by atoms with E-state index >= 15 is 0 Å². The fourth-order valence-corrected chi connectivity index (χ4v) is 3.31. The predicted molar refractivity (Wildman–Crippen MR) is 102 cm³/mol. The molecule has 0 atom stereocenters. The zero-order chi connectivity index (χ0) is 19.9. The summed E-state index contributed by atoms with van der Waals surface area (Å²) in [6, 6.07) is 4.89. The summed E-state index contributed by atoms with van der Waals surface area (Å²) in [5.74, 6) is -0.489. The molecule has 0 saturated carbocycles. The maximum Gasteiger partial charge on any atom is 0.272 e. The Labute approximate surface area is 164 Å². The number of hydrogen-bond acceptors (Lipinski definition) is 6. The molecule has 3 rings (SSSR count). The molecule has 9 heteroatoms. The molecule has 9 nitrogen and oxygen atoms in total. The summed E-state index contributed by atoms with van der Waals surface area (Å²) in [6.07, 6.45) is 0. The van der Waals surface area contributed by atoms with Gasteiger partial charge in [0, 0.05) is 59.3 Å². The van der Waals surface area contributed by atoms with E-state index in [1.54, 1.807) is 28.0 Å². The van der Waals surface area contributed by atoms with E-state index in [-0.39, 0.29) is 29.1 Å². The zero-order valence-corrected chi connectivity index (χ0v) is 16.2. The summed E-state index contributed by atoms with van der Waals surface area (Å²) in [7, 11) is 0. The van der Waals surface area contributed by atoms with Gasteiger partial charge in [0.15, 0.2) is 0 Å². The fraction of sp³-hybridized carbons (Fsp3) is 0.579. The van der Waals surface area contributed by atoms with E-state index in [0.717, 1.165) is 32.8 Å². The van der Waals surface area contributed by atoms with Gasteiger partial charge in [-0.15, -0.1) is 0 Å². The van der Waals surface area contributed by atoms with E-state index < -0.39 is 0 Å². The minimum atomic E-state index is -0.288. The van der Waals surface area contributed by atoms with E-state index in [1.165, 1.54) is 6.92 Å². The van der Waals surface area contributed by atoms with E-state index in [9.17, 15) is 14.4 Å². The molecule has 0 aliphatic carbocycles. The van der Waals surface area contributed by atoms with Crippen molar-refractivity contribution >= 4 is 17.7 Å². The van der Waals surface area contributed by atoms with Gasteiger partial charge in [0.1, 0.15) is 11.4 Å². The smallest absolute Gasteiger partial charge is 0.272 e. The highest BCUT2D eigenvalue weighted by molar-refractivity contribution is 5.96. The zero-order valence-electron chi connectivity index (χ0n) is 16.2. The predicted octanol–water partition coefficient (Wildman–Crippen LogP) is -0.552. The molecule has 2 fully saturated rings. The van der Waals surface area contributed by atoms with Crippen LogP contribution in [0.2, 0.25) is 0 Å². The number of ether oxygens (including phenoxy) is 1. The van der Waals surface area contributed by atoms with Crippen molar-refractivity contribution in [1.82, 2.24) is 25.0 Å². The van der Waals surface area contributed by atoms with Gasteiger partial charge in [-0.2, -0.15) is 0 Å². The summed E-state index contributed by atoms with van der Waals surface area (Å²) < 4.78 is 5.31. The van der Waals surface area contributed by atoms with Crippen molar-refractivity contribution in [3.05, 3.63) is 29.6 Å². The van der Waals surface area contributed by atoms with Crippen molar-refractivity contribution in [2.75, 3.05) is 65.6 Å². The van der Waals surface area contributed by atoms with Gasteiger partial charge in [-0.3, -0.25) is 19.3 Å². The molecular formula is C19H27N5O4. The number of amides is 3. The SMILES string of the molecule is CC(=O)N1CCN(C(=O)c2cccc(C(=O)NCCN3CCOCC3)n2)CC1. The molecule has 0 bridgehead atoms. The molecule has 2 aliphatic rings. The van der Waals surface area contributed by atoms with Gasteiger partial charge in [0.05, 0.1) is 13.2 Å². The van der Waals surface area contributed by atoms with Gasteiger partial charge in [-0.05, 0) is 12.1 Å². The van der Waals surface area contributed by atoms with Crippen molar-refractivity contribution < 1.29 is 19.1 Å². The van der Waals surface area contributed by atoms with Gasteiger partial charge in [0.25, 0.3) is 11.8 Å². The van der Waals surface area contributed by atoms with Gasteiger partial charge in [0.2, 0.25) is 5.91 Å². The third-order valence-corrected chi connectivity index (χ3v) is 5.03. The summed E-state index contributed by atoms with van der Waals surface area (Å²) in [4.78, 5) is 46.3. The Balaban J connectivity index is 1.52. The first-order valence-electron chi connectivity index (χ1n) is 9.65. The summed E-state index contributed by atoms with van der Waals surface area (Å²) >= 11 is 0. The number of nitrogens with one attached hydrogen (secondary N) is 1. The second-order valence-corrected chi connectivity index (χ2v) is 6.92. The van der Waals surface area contributed by atoms with E-state index in [2.05, 4.69) is 15.2 Å². The number of pyridine rings is 1. The molecule has 0 spiro atoms. The average molecular weight is 389 g/mol. The summed E-state index contributed by atoms with van der Waals surface area (Å²) in [5.41, 5.74) is 0.479. The summed E-state index contributed by atoms with van der Waals surface area (Å²) in [5, 5.41) is 2.86. The van der Waals surface area contributed by atoms with Crippen LogP contribution in [0.4, 0.5) is 0 Å². The van der Waals surface area contributed by atoms with Crippen LogP contribution in [-0.2, 0) is 9.53 Å². The van der Waals surface area contributed by atoms with Crippen LogP contribution in [0, 0.1) is 0 Å². The lowest BCUT2D eigenvalue weighted by Gasteiger charge is -2.34. The number of aromatic nitrogens is 1. The van der Waals surface area contributed by atoms with Crippen molar-refractivity contribution in [2.45, 2.75) is 6.92 Å². The summed E-state index contributed by atoms with van der Waals surface area (Å²) in [6.45, 7) is 7.96. The largest absolute Gasteiger partial charge is 0.379 e. The molecule has 1 aromatic rings. The van der Waals surface area contributed by atoms with Gasteiger partial charge >= 0.3 is 0 Å². The lowest BCUT2D eigenvalue weighted by Crippen LogP contribution is -2.50. The first-order valence-corrected chi connectivity index (χ1v) is 9.65. The molecule has 152 valence electrons. The minimum absolute atomic E-state index is 0.0148. The van der Waals surface area contributed by atoms with Crippen LogP contribution < -0.4 is 5.32 Å². The van der Waals surface area contributed by atoms with Gasteiger partial charge < -0.3 is 19.9 Å². The van der Waals surface area contributed by atoms with Gasteiger partial charge in [-0.25, -0.2) is 4.98 Å². The molecule has 2 saturated heterocycles. The van der Waals surface area contributed by atoms with Crippen LogP contribution in [-0.4, -0.2) is 103 Å². The van der Waals surface area contributed by atoms with E-state index in [4.69, 9.17) is 4.74 Å². The average Bonchev–Trinajstić information content (AvgIpc) is 2.74. The minimum Gasteiger partial charge on any atom is -0.379 e. The number of hydrogen-bond donors (Lipinski definition) is 1. The highest BCUT2D eigenvalue weighted by atomic mass is 16.5. The molecule has 3 amide bonds. The highest BCUT2D eigenvalue weighted by Crippen LogP contribution is 2.08. The van der Waals surface area contributed by atoms with E-state index in [1.807, 2.05) is 0 Å². The number of carbonyl (C=O) groups excluding carboxylic acids is 3. The quantitative estimate of drug-likeness (QED) is 0.726. The molecule has 0 aromatic carbocycles. The first-order chi connectivity index (χ1) is 13.5. The Hall–Kier alpha value is -2.52. The molecule has 2 aliphatic heterocycles. The Bertz CT molecular complexity index is 712. The number of carbonyl (C=O) groups is 3. The second-order valence-electron chi connectivity index (χ2n) is 6.92. The standard InChI is InChI=1S/C19H27N5O4/c1-15(25)23-7-9-24(10-8-23)19(27)17-4-2-3-16(21-17)18(26)20-5-6-22-11-13-28-14-12-22/h2-4H,5-14H2,1H3,(H,20,26). The molecular weight excluding hydrogens is 362 g/mol. The number of piperazine rings is 1. The Morgan fingerprint density at radius 1 is 1.00 bits per heavy atom. The third kappa shape index (κ3) is 5.26. The first kappa shape index (κ1) is 20.2. The topological polar surface area (TPSA) is 95.1 Å². The molecule has 3 heterocycles. The molecule has 1 N–H and O–H groups in total. The lowest BCUT2D eigenvalue weighted by atomic mass is 10.2. The van der Waals surface area contributed by atoms with Crippen molar-refractivity contribution in [1.29, 1.82) is 0 Å². The van der Waals surface area contributed by atoms with E-state index in [0.29, 0.717) is 32.7 Å². The van der Waals surface area contributed by atoms with Crippen LogP contribution in [0.5, 0.6) is 0 Å². The second kappa shape index (κ2) is 9.61. The van der Waals surface area contributed by atoms with Crippen molar-refractivity contribution in [3.63, 3.8) is 0 Å². The highest BCUT2D eigenvalue weighted by Gasteiger charge is 2.24. The number of nitrogens with zero attached hydrogens (tertiary/aromatic N) is 4. The Morgan fingerprint density at radius 2 is 1.64 bits per heavy atom. The molecule has 0 radical (unpaired) electrons. The Morgan fingerprint density at radius 3 is 2.32 bits per heavy atom. The van der Waals surface area contributed by atoms with Crippen molar-refractivity contribution in [3.8, 4) is 0 Å². The Kier molecular flexibility index (Phi) is 6.94. The maximum absolute atomic E-state index is 12.7. The number of morpholine rings is 1. The molecule has 28 heavy (non-hydrogen) atoms. The van der Waals surface area contributed by atoms with Crippen LogP contribution in [0.1, 0.15) is 27.9 Å². The molecule has 1 aromatic heterocycles. The van der Waals surface area contributed by atoms with Crippen LogP contribution >= 0.6 is 0 Å². The van der Waals surface area contributed by atoms with Crippen LogP contribution in [0.3, 0.4) is 0 Å². The normalized spacial score (nSPS) is 18.0. The number of rotatable bonds is 5. The maximum atomic E-state index is 12.7. The van der Waals surface area contributed by atoms with Crippen LogP contribution in [0.25, 0.3) is 0 Å². The monoisotopic (exact) mass is 389 g/mol.